The number of esters is 1. The average Bonchev–Trinajstić information content (AvgIpc) is 3.31. The number of rotatable bonds is 6. The minimum absolute atomic E-state index is 0.149. The fourth-order valence-electron chi connectivity index (χ4n) is 3.99. The fraction of sp³-hybridized carbons (Fsp3) is 0.391. The smallest absolute Gasteiger partial charge is 0.306 e. The van der Waals surface area contributed by atoms with Crippen LogP contribution in [0.5, 0.6) is 11.5 Å². The van der Waals surface area contributed by atoms with Gasteiger partial charge in [0.25, 0.3) is 5.91 Å². The van der Waals surface area contributed by atoms with Crippen molar-refractivity contribution < 1.29 is 23.8 Å². The summed E-state index contributed by atoms with van der Waals surface area (Å²) in [5, 5.41) is 8.18. The number of aryl methyl sites for hydroxylation is 4. The van der Waals surface area contributed by atoms with E-state index < -0.39 is 18.0 Å². The predicted molar refractivity (Wildman–Crippen MR) is 118 cm³/mol. The normalized spacial score (nSPS) is 13.3. The van der Waals surface area contributed by atoms with Crippen molar-refractivity contribution in [3.8, 4) is 11.5 Å². The lowest BCUT2D eigenvalue weighted by atomic mass is 9.99. The van der Waals surface area contributed by atoms with Crippen molar-refractivity contribution in [2.75, 3.05) is 12.1 Å². The van der Waals surface area contributed by atoms with Crippen LogP contribution in [0, 0.1) is 20.8 Å². The van der Waals surface area contributed by atoms with Gasteiger partial charge >= 0.3 is 5.97 Å². The van der Waals surface area contributed by atoms with Crippen molar-refractivity contribution in [1.29, 1.82) is 0 Å². The minimum atomic E-state index is -0.934. The van der Waals surface area contributed by atoms with E-state index in [1.807, 2.05) is 27.8 Å². The molecule has 1 amide bonds. The van der Waals surface area contributed by atoms with Gasteiger partial charge in [-0.2, -0.15) is 5.10 Å². The number of carbonyl (C=O) groups excluding carboxylic acids is 2. The Balaban J connectivity index is 1.36. The van der Waals surface area contributed by atoms with Crippen LogP contribution < -0.4 is 14.8 Å². The van der Waals surface area contributed by atoms with Crippen LogP contribution in [0.4, 0.5) is 5.69 Å². The van der Waals surface area contributed by atoms with Crippen LogP contribution in [-0.4, -0.2) is 39.5 Å². The van der Waals surface area contributed by atoms with Gasteiger partial charge in [-0.25, -0.2) is 4.98 Å². The van der Waals surface area contributed by atoms with E-state index in [4.69, 9.17) is 14.2 Å². The van der Waals surface area contributed by atoms with Crippen LogP contribution in [0.3, 0.4) is 0 Å². The zero-order chi connectivity index (χ0) is 23.0. The Kier molecular flexibility index (Phi) is 5.73. The van der Waals surface area contributed by atoms with E-state index in [1.165, 1.54) is 0 Å². The number of amides is 1. The minimum Gasteiger partial charge on any atom is -0.454 e. The number of carbonyl (C=O) groups is 2. The summed E-state index contributed by atoms with van der Waals surface area (Å²) in [4.78, 5) is 29.5. The largest absolute Gasteiger partial charge is 0.454 e. The Bertz CT molecular complexity index is 1220. The van der Waals surface area contributed by atoms with Gasteiger partial charge in [0.15, 0.2) is 23.3 Å². The maximum atomic E-state index is 12.4. The number of nitrogens with one attached hydrogen (secondary N) is 1. The summed E-state index contributed by atoms with van der Waals surface area (Å²) in [6.45, 7) is 7.60. The van der Waals surface area contributed by atoms with Crippen molar-refractivity contribution in [1.82, 2.24) is 14.8 Å². The summed E-state index contributed by atoms with van der Waals surface area (Å²) in [6.07, 6.45) is -0.309. The van der Waals surface area contributed by atoms with Crippen LogP contribution in [0.2, 0.25) is 0 Å². The van der Waals surface area contributed by atoms with Gasteiger partial charge in [0.05, 0.1) is 5.69 Å². The number of pyridine rings is 1. The summed E-state index contributed by atoms with van der Waals surface area (Å²) in [5.74, 6) is 0.327. The Morgan fingerprint density at radius 2 is 1.94 bits per heavy atom. The predicted octanol–water partition coefficient (Wildman–Crippen LogP) is 3.13. The van der Waals surface area contributed by atoms with Gasteiger partial charge in [0, 0.05) is 36.3 Å². The summed E-state index contributed by atoms with van der Waals surface area (Å²) in [5.41, 5.74) is 5.21. The Morgan fingerprint density at radius 1 is 1.19 bits per heavy atom. The van der Waals surface area contributed by atoms with Crippen LogP contribution in [0.1, 0.15) is 35.9 Å². The highest BCUT2D eigenvalue weighted by Gasteiger charge is 2.21. The summed E-state index contributed by atoms with van der Waals surface area (Å²) < 4.78 is 17.7. The first-order valence-electron chi connectivity index (χ1n) is 10.4. The fourth-order valence-corrected chi connectivity index (χ4v) is 3.99. The van der Waals surface area contributed by atoms with Crippen LogP contribution in [0.25, 0.3) is 11.0 Å². The number of anilines is 1. The van der Waals surface area contributed by atoms with E-state index in [0.717, 1.165) is 33.5 Å². The average molecular weight is 438 g/mol. The topological polar surface area (TPSA) is 105 Å². The van der Waals surface area contributed by atoms with Crippen molar-refractivity contribution in [2.45, 2.75) is 46.6 Å². The summed E-state index contributed by atoms with van der Waals surface area (Å²) in [7, 11) is 1.87. The number of aromatic nitrogens is 3. The first kappa shape index (κ1) is 21.6. The van der Waals surface area contributed by atoms with Gasteiger partial charge in [-0.05, 0) is 57.4 Å². The van der Waals surface area contributed by atoms with E-state index >= 15 is 0 Å². The van der Waals surface area contributed by atoms with Crippen molar-refractivity contribution in [2.24, 2.45) is 7.05 Å². The quantitative estimate of drug-likeness (QED) is 0.590. The molecule has 0 saturated heterocycles. The summed E-state index contributed by atoms with van der Waals surface area (Å²) >= 11 is 0. The van der Waals surface area contributed by atoms with E-state index in [-0.39, 0.29) is 13.2 Å². The number of ether oxygens (including phenoxy) is 3. The molecule has 1 aliphatic heterocycles. The number of nitrogens with zero attached hydrogens (tertiary/aromatic N) is 3. The molecule has 168 valence electrons. The molecule has 0 fully saturated rings. The van der Waals surface area contributed by atoms with Crippen LogP contribution in [-0.2, 0) is 27.8 Å². The maximum Gasteiger partial charge on any atom is 0.306 e. The second-order valence-electron chi connectivity index (χ2n) is 7.90. The molecule has 0 saturated carbocycles. The molecular weight excluding hydrogens is 412 g/mol. The molecule has 2 aromatic heterocycles. The monoisotopic (exact) mass is 438 g/mol. The van der Waals surface area contributed by atoms with E-state index in [0.29, 0.717) is 23.6 Å². The van der Waals surface area contributed by atoms with E-state index in [9.17, 15) is 9.59 Å². The molecule has 1 aromatic carbocycles. The lowest BCUT2D eigenvalue weighted by molar-refractivity contribution is -0.153. The van der Waals surface area contributed by atoms with Crippen molar-refractivity contribution in [3.05, 3.63) is 40.7 Å². The first-order chi connectivity index (χ1) is 15.2. The molecule has 0 bridgehead atoms. The van der Waals surface area contributed by atoms with Gasteiger partial charge in [0.1, 0.15) is 0 Å². The Hall–Kier alpha value is -3.62. The van der Waals surface area contributed by atoms with Crippen molar-refractivity contribution in [3.63, 3.8) is 0 Å². The zero-order valence-electron chi connectivity index (χ0n) is 18.8. The lowest BCUT2D eigenvalue weighted by Crippen LogP contribution is -2.30. The molecule has 1 N–H and O–H groups in total. The highest BCUT2D eigenvalue weighted by molar-refractivity contribution is 5.95. The molecule has 0 radical (unpaired) electrons. The van der Waals surface area contributed by atoms with Gasteiger partial charge < -0.3 is 19.5 Å². The zero-order valence-corrected chi connectivity index (χ0v) is 18.8. The molecule has 3 aromatic rings. The molecule has 0 unspecified atom stereocenters. The second-order valence-corrected chi connectivity index (χ2v) is 7.90. The molecule has 32 heavy (non-hydrogen) atoms. The van der Waals surface area contributed by atoms with E-state index in [1.54, 1.807) is 29.8 Å². The molecule has 1 atom stereocenters. The highest BCUT2D eigenvalue weighted by atomic mass is 16.7. The number of hydrogen-bond acceptors (Lipinski definition) is 7. The molecule has 9 nitrogen and oxygen atoms in total. The summed E-state index contributed by atoms with van der Waals surface area (Å²) in [6, 6.07) is 5.09. The number of hydrogen-bond donors (Lipinski definition) is 1. The second kappa shape index (κ2) is 8.49. The lowest BCUT2D eigenvalue weighted by Gasteiger charge is -2.15. The number of fused-ring (bicyclic) bond motifs is 2. The molecular formula is C23H26N4O5. The van der Waals surface area contributed by atoms with Gasteiger partial charge in [-0.15, -0.1) is 0 Å². The van der Waals surface area contributed by atoms with Gasteiger partial charge in [-0.3, -0.25) is 14.3 Å². The molecule has 0 spiro atoms. The third-order valence-electron chi connectivity index (χ3n) is 5.63. The molecule has 9 heteroatoms. The van der Waals surface area contributed by atoms with Gasteiger partial charge in [0.2, 0.25) is 6.79 Å². The molecule has 3 heterocycles. The SMILES string of the molecule is Cc1nc2c(c(C)nn2C)c(C)c1CCC(=O)O[C@H](C)C(=O)Nc1ccc2c(c1)OCO2. The molecule has 0 aliphatic carbocycles. The Morgan fingerprint density at radius 3 is 2.72 bits per heavy atom. The first-order valence-corrected chi connectivity index (χ1v) is 10.4. The van der Waals surface area contributed by atoms with Crippen LogP contribution >= 0.6 is 0 Å². The van der Waals surface area contributed by atoms with Crippen molar-refractivity contribution >= 4 is 28.6 Å². The highest BCUT2D eigenvalue weighted by Crippen LogP contribution is 2.34. The standard InChI is InChI=1S/C23H26N4O5/c1-12-17(13(2)24-22-21(12)14(3)26-27(22)5)7-9-20(28)32-15(4)23(29)25-16-6-8-18-19(10-16)31-11-30-18/h6,8,10,15H,7,9,11H2,1-5H3,(H,25,29)/t15-/m1/s1. The van der Waals surface area contributed by atoms with Crippen LogP contribution in [0.15, 0.2) is 18.2 Å². The number of benzene rings is 1. The molecule has 1 aliphatic rings. The van der Waals surface area contributed by atoms with E-state index in [2.05, 4.69) is 15.4 Å². The Labute approximate surface area is 185 Å². The third kappa shape index (κ3) is 4.10. The van der Waals surface area contributed by atoms with Gasteiger partial charge in [-0.1, -0.05) is 0 Å². The maximum absolute atomic E-state index is 12.4. The molecule has 4 rings (SSSR count). The third-order valence-corrected chi connectivity index (χ3v) is 5.63.